The molecule has 0 atom stereocenters. The Kier molecular flexibility index (Phi) is 22.5. The number of hydrogen-bond donors (Lipinski definition) is 0. The Bertz CT molecular complexity index is 8560. The molecule has 8 nitrogen and oxygen atoms in total. The Morgan fingerprint density at radius 1 is 0.268 bits per heavy atom. The molecular weight excluding hydrogens is 1730 g/mol. The van der Waals surface area contributed by atoms with E-state index in [2.05, 4.69) is 439 Å². The molecule has 712 valence electrons. The van der Waals surface area contributed by atoms with Crippen LogP contribution in [-0.4, -0.2) is 0 Å². The van der Waals surface area contributed by atoms with Crippen LogP contribution < -0.4 is 18.3 Å². The summed E-state index contributed by atoms with van der Waals surface area (Å²) in [6.07, 6.45) is 21.1. The van der Waals surface area contributed by atoms with Crippen molar-refractivity contribution < 1.29 is 35.9 Å². The van der Waals surface area contributed by atoms with Crippen molar-refractivity contribution in [3.05, 3.63) is 356 Å². The summed E-state index contributed by atoms with van der Waals surface area (Å²) in [5.74, 6) is 3.06. The van der Waals surface area contributed by atoms with Crippen LogP contribution in [0.4, 0.5) is 0 Å². The van der Waals surface area contributed by atoms with Gasteiger partial charge in [-0.05, 0) is 266 Å². The van der Waals surface area contributed by atoms with Gasteiger partial charge in [0, 0.05) is 113 Å². The molecule has 0 aliphatic heterocycles. The number of pyridine rings is 4. The Hall–Kier alpha value is -13.6. The van der Waals surface area contributed by atoms with Gasteiger partial charge in [0.25, 0.3) is 0 Å². The fourth-order valence-corrected chi connectivity index (χ4v) is 27.2. The number of aromatic nitrogens is 4. The predicted molar refractivity (Wildman–Crippen MR) is 589 cm³/mol. The molecule has 0 radical (unpaired) electrons. The first-order valence-electron chi connectivity index (χ1n) is 52.8. The SMILES string of the molecule is Cc1ccc2c(oc3cc4c(cc32)-c2ccccc2C42CCCC2)c1-c1cc(C(C)C)cc[n+]1C.Cc1ccc2c(oc3ccc4c(c32)C(C)(C)c2ccccc2-4)c1-c1cc(C(C)C)cc[n+]1C.Cc1ccc2c(oc3ccc4c(c32)C(CC(C)C)(CC(C)C)c2ccccc2-4)c1-c1cc(C(C)C)cc[n+]1C.Cc1ccc2c(oc3ccc4c(c32)C2(CCCC2)c2ccccc2-4)c1-c1cc(C(C)C)cc[n+]1C. The zero-order valence-corrected chi connectivity index (χ0v) is 87.4. The molecule has 0 amide bonds. The number of benzene rings is 12. The zero-order chi connectivity index (χ0) is 98.5. The number of furan rings is 4. The number of fused-ring (bicyclic) bond motifs is 31. The molecule has 142 heavy (non-hydrogen) atoms. The number of rotatable bonds is 12. The summed E-state index contributed by atoms with van der Waals surface area (Å²) in [5.41, 5.74) is 51.2. The maximum atomic E-state index is 6.89. The van der Waals surface area contributed by atoms with E-state index in [1.54, 1.807) is 0 Å². The normalized spacial score (nSPS) is 15.1. The van der Waals surface area contributed by atoms with Gasteiger partial charge in [0.15, 0.2) is 24.8 Å². The highest BCUT2D eigenvalue weighted by molar-refractivity contribution is 6.18. The summed E-state index contributed by atoms with van der Waals surface area (Å²) in [5, 5.41) is 10.0. The van der Waals surface area contributed by atoms with Crippen molar-refractivity contribution in [1.29, 1.82) is 0 Å². The molecule has 6 aliphatic rings. The van der Waals surface area contributed by atoms with Crippen molar-refractivity contribution in [2.75, 3.05) is 0 Å². The summed E-state index contributed by atoms with van der Waals surface area (Å²) in [6, 6.07) is 91.0. The summed E-state index contributed by atoms with van der Waals surface area (Å²) in [7, 11) is 8.54. The van der Waals surface area contributed by atoms with E-state index < -0.39 is 0 Å². The van der Waals surface area contributed by atoms with Gasteiger partial charge in [0.05, 0.1) is 22.3 Å². The van der Waals surface area contributed by atoms with Gasteiger partial charge < -0.3 is 17.7 Å². The van der Waals surface area contributed by atoms with Gasteiger partial charge >= 0.3 is 0 Å². The molecule has 12 aromatic carbocycles. The van der Waals surface area contributed by atoms with Gasteiger partial charge in [-0.1, -0.05) is 286 Å². The van der Waals surface area contributed by atoms with Crippen molar-refractivity contribution >= 4 is 87.8 Å². The summed E-state index contributed by atoms with van der Waals surface area (Å²) in [6.45, 7) is 41.1. The predicted octanol–water partition coefficient (Wildman–Crippen LogP) is 34.4. The van der Waals surface area contributed by atoms with Crippen molar-refractivity contribution in [3.63, 3.8) is 0 Å². The van der Waals surface area contributed by atoms with Gasteiger partial charge in [0.1, 0.15) is 72.9 Å². The minimum Gasteiger partial charge on any atom is -0.455 e. The first kappa shape index (κ1) is 92.2. The molecule has 8 heterocycles. The quantitative estimate of drug-likeness (QED) is 0.114. The van der Waals surface area contributed by atoms with Gasteiger partial charge in [-0.25, -0.2) is 18.3 Å². The first-order valence-corrected chi connectivity index (χ1v) is 52.8. The van der Waals surface area contributed by atoms with Crippen molar-refractivity contribution in [3.8, 4) is 89.5 Å². The van der Waals surface area contributed by atoms with Crippen LogP contribution in [0.15, 0.2) is 285 Å². The first-order chi connectivity index (χ1) is 68.4. The smallest absolute Gasteiger partial charge is 0.216 e. The Morgan fingerprint density at radius 2 is 0.577 bits per heavy atom. The largest absolute Gasteiger partial charge is 0.455 e. The van der Waals surface area contributed by atoms with Crippen LogP contribution in [0.5, 0.6) is 0 Å². The fourth-order valence-electron chi connectivity index (χ4n) is 27.2. The van der Waals surface area contributed by atoms with E-state index >= 15 is 0 Å². The lowest BCUT2D eigenvalue weighted by molar-refractivity contribution is -0.660. The van der Waals surface area contributed by atoms with E-state index in [0.717, 1.165) is 57.5 Å². The van der Waals surface area contributed by atoms with E-state index in [4.69, 9.17) is 17.7 Å². The third-order valence-electron chi connectivity index (χ3n) is 34.0. The minimum absolute atomic E-state index is 0.0299. The van der Waals surface area contributed by atoms with Crippen LogP contribution in [0.2, 0.25) is 0 Å². The lowest BCUT2D eigenvalue weighted by atomic mass is 9.67. The lowest BCUT2D eigenvalue weighted by Crippen LogP contribution is -2.31. The minimum atomic E-state index is -0.0739. The lowest BCUT2D eigenvalue weighted by Gasteiger charge is -2.36. The van der Waals surface area contributed by atoms with E-state index in [1.807, 2.05) is 0 Å². The highest BCUT2D eigenvalue weighted by Crippen LogP contribution is 2.64. The zero-order valence-electron chi connectivity index (χ0n) is 87.4. The Morgan fingerprint density at radius 3 is 0.979 bits per heavy atom. The van der Waals surface area contributed by atoms with Crippen molar-refractivity contribution in [2.45, 2.75) is 234 Å². The molecular formula is C134H136N4O4+4. The van der Waals surface area contributed by atoms with Crippen LogP contribution in [0.25, 0.3) is 177 Å². The molecule has 8 heteroatoms. The molecule has 2 fully saturated rings. The molecule has 20 aromatic rings. The molecule has 26 rings (SSSR count). The average Bonchev–Trinajstić information content (AvgIpc) is 1.52. The third-order valence-corrected chi connectivity index (χ3v) is 34.0. The third kappa shape index (κ3) is 14.3. The fraction of sp³-hybridized carbons (Fsp3) is 0.313. The number of hydrogen-bond acceptors (Lipinski definition) is 4. The molecule has 2 spiro atoms. The van der Waals surface area contributed by atoms with Crippen LogP contribution in [0.1, 0.15) is 274 Å². The second kappa shape index (κ2) is 34.7. The van der Waals surface area contributed by atoms with Gasteiger partial charge in [-0.3, -0.25) is 0 Å². The maximum Gasteiger partial charge on any atom is 0.216 e. The van der Waals surface area contributed by atoms with Crippen molar-refractivity contribution in [2.24, 2.45) is 40.0 Å². The highest BCUT2D eigenvalue weighted by Gasteiger charge is 2.50. The second-order valence-corrected chi connectivity index (χ2v) is 45.5. The molecule has 6 aliphatic carbocycles. The molecule has 0 unspecified atom stereocenters. The summed E-state index contributed by atoms with van der Waals surface area (Å²) < 4.78 is 36.1. The number of nitrogens with zero attached hydrogens (tertiary/aromatic N) is 4. The van der Waals surface area contributed by atoms with Crippen LogP contribution in [-0.2, 0) is 49.9 Å². The van der Waals surface area contributed by atoms with Gasteiger partial charge in [-0.2, -0.15) is 0 Å². The molecule has 0 bridgehead atoms. The van der Waals surface area contributed by atoms with Crippen LogP contribution in [0, 0.1) is 39.5 Å². The molecule has 0 N–H and O–H groups in total. The van der Waals surface area contributed by atoms with Crippen molar-refractivity contribution in [1.82, 2.24) is 0 Å². The summed E-state index contributed by atoms with van der Waals surface area (Å²) >= 11 is 0. The van der Waals surface area contributed by atoms with Crippen LogP contribution >= 0.6 is 0 Å². The highest BCUT2D eigenvalue weighted by atomic mass is 16.3. The maximum absolute atomic E-state index is 6.89. The Balaban J connectivity index is 0.000000105. The van der Waals surface area contributed by atoms with E-state index in [9.17, 15) is 0 Å². The monoisotopic (exact) mass is 1870 g/mol. The molecule has 0 saturated heterocycles. The number of aryl methyl sites for hydroxylation is 8. The van der Waals surface area contributed by atoms with E-state index in [0.29, 0.717) is 35.5 Å². The standard InChI is InChI=1S/C37H42NO.2C33H32NO.C31H30NO/c1-22(2)20-37(21-23(3)4)30-12-10-9-11-27(30)28-15-16-32-34(35(28)37)29-14-13-25(7)33(36(29)39-32)31-19-26(24(5)6)17-18-38(31)8;1-20(2)22-15-18-34(4)27(19-22)29-21(3)11-12-25-30-28(35-32(25)29)14-13-24-23-9-5-6-10-26(23)33(31(24)30)16-7-8-17-33;1-20(2)22-13-16-34(4)29(17-22)31-21(3)11-12-24-26-18-25-23-9-5-6-10-27(23)33(14-7-8-15-33)28(25)19-30(26)35-32(24)31;1-18(2)20-15-16-32(6)25(17-20)27-19(3)11-12-23-28-26(33-30(23)27)14-13-22-21-9-7-8-10-24(21)31(4,5)29(22)28/h9-19,22-24H,20-21H2,1-8H3;5-6,9-15,18-20H,7-8,16-17H2,1-4H3;5-6,9-13,16-20H,7-8,14-15H2,1-4H3;7-18H,1-6H3/q4*+1. The Labute approximate surface area is 838 Å². The second-order valence-electron chi connectivity index (χ2n) is 45.5. The molecule has 8 aromatic heterocycles. The average molecular weight is 1870 g/mol. The van der Waals surface area contributed by atoms with Gasteiger partial charge in [0.2, 0.25) is 22.8 Å². The van der Waals surface area contributed by atoms with E-state index in [1.165, 1.54) is 273 Å². The van der Waals surface area contributed by atoms with E-state index in [-0.39, 0.29) is 21.7 Å². The topological polar surface area (TPSA) is 68.1 Å². The van der Waals surface area contributed by atoms with Crippen LogP contribution in [0.3, 0.4) is 0 Å². The molecule has 2 saturated carbocycles. The van der Waals surface area contributed by atoms with Gasteiger partial charge in [-0.15, -0.1) is 0 Å². The summed E-state index contributed by atoms with van der Waals surface area (Å²) in [4.78, 5) is 0.